The highest BCUT2D eigenvalue weighted by atomic mass is 16.4. The van der Waals surface area contributed by atoms with E-state index in [1.807, 2.05) is 27.7 Å². The maximum atomic E-state index is 13.0. The van der Waals surface area contributed by atoms with Crippen molar-refractivity contribution in [2.75, 3.05) is 6.54 Å². The van der Waals surface area contributed by atoms with Gasteiger partial charge in [-0.25, -0.2) is 0 Å². The van der Waals surface area contributed by atoms with Gasteiger partial charge in [-0.2, -0.15) is 0 Å². The van der Waals surface area contributed by atoms with E-state index in [4.69, 9.17) is 5.73 Å². The molecule has 0 rings (SSSR count). The van der Waals surface area contributed by atoms with Gasteiger partial charge in [0.2, 0.25) is 17.7 Å². The van der Waals surface area contributed by atoms with Gasteiger partial charge in [0.1, 0.15) is 6.04 Å². The van der Waals surface area contributed by atoms with Crippen LogP contribution in [0.1, 0.15) is 79.6 Å². The minimum atomic E-state index is -1.24. The van der Waals surface area contributed by atoms with E-state index in [1.54, 1.807) is 6.92 Å². The number of amides is 3. The largest absolute Gasteiger partial charge is 0.550 e. The van der Waals surface area contributed by atoms with Crippen LogP contribution in [-0.4, -0.2) is 48.4 Å². The Kier molecular flexibility index (Phi) is 15.4. The quantitative estimate of drug-likeness (QED) is 0.175. The van der Waals surface area contributed by atoms with Crippen LogP contribution in [0.25, 0.3) is 0 Å². The standard InChI is InChI=1S/C24H45N5O5/c1-7-18(14-23(32)33)27-21(30)10-11-22(31)28-20(13-15(2)3)24(34)29-19(16(4)5)9-8-12-26-17(6)25/h15-16,18-20,26H,6-14,25H2,1-5H3,(H,27,30)(H,28,31)(H,29,34)(H,32,33)/p-1. The molecular weight excluding hydrogens is 438 g/mol. The average Bonchev–Trinajstić information content (AvgIpc) is 2.72. The zero-order chi connectivity index (χ0) is 26.3. The first-order valence-electron chi connectivity index (χ1n) is 12.1. The lowest BCUT2D eigenvalue weighted by Gasteiger charge is -2.27. The maximum Gasteiger partial charge on any atom is 0.242 e. The molecule has 3 unspecified atom stereocenters. The predicted octanol–water partition coefficient (Wildman–Crippen LogP) is 0.273. The van der Waals surface area contributed by atoms with E-state index < -0.39 is 29.9 Å². The van der Waals surface area contributed by atoms with Gasteiger partial charge in [-0.15, -0.1) is 0 Å². The lowest BCUT2D eigenvalue weighted by Crippen LogP contribution is -2.51. The number of hydrogen-bond donors (Lipinski definition) is 5. The molecule has 0 aliphatic heterocycles. The summed E-state index contributed by atoms with van der Waals surface area (Å²) in [7, 11) is 0. The summed E-state index contributed by atoms with van der Waals surface area (Å²) in [5.41, 5.74) is 5.51. The second-order valence-corrected chi connectivity index (χ2v) is 9.45. The molecule has 0 saturated heterocycles. The van der Waals surface area contributed by atoms with Gasteiger partial charge in [0, 0.05) is 43.9 Å². The fraction of sp³-hybridized carbons (Fsp3) is 0.750. The highest BCUT2D eigenvalue weighted by Gasteiger charge is 2.25. The minimum Gasteiger partial charge on any atom is -0.550 e. The Morgan fingerprint density at radius 1 is 0.971 bits per heavy atom. The molecule has 0 heterocycles. The van der Waals surface area contributed by atoms with Crippen LogP contribution in [0.3, 0.4) is 0 Å². The van der Waals surface area contributed by atoms with Crippen LogP contribution in [-0.2, 0) is 19.2 Å². The molecule has 34 heavy (non-hydrogen) atoms. The van der Waals surface area contributed by atoms with Crippen LogP contribution in [0.5, 0.6) is 0 Å². The van der Waals surface area contributed by atoms with E-state index in [-0.39, 0.29) is 43.0 Å². The smallest absolute Gasteiger partial charge is 0.242 e. The number of carbonyl (C=O) groups is 4. The van der Waals surface area contributed by atoms with Crippen molar-refractivity contribution in [2.24, 2.45) is 17.6 Å². The molecule has 0 bridgehead atoms. The lowest BCUT2D eigenvalue weighted by atomic mass is 9.97. The summed E-state index contributed by atoms with van der Waals surface area (Å²) < 4.78 is 0. The highest BCUT2D eigenvalue weighted by Crippen LogP contribution is 2.11. The van der Waals surface area contributed by atoms with Crippen molar-refractivity contribution in [1.82, 2.24) is 21.3 Å². The van der Waals surface area contributed by atoms with Gasteiger partial charge < -0.3 is 36.9 Å². The molecule has 0 fully saturated rings. The number of rotatable bonds is 18. The summed E-state index contributed by atoms with van der Waals surface area (Å²) in [6.07, 6.45) is 1.97. The third-order valence-electron chi connectivity index (χ3n) is 5.39. The normalized spacial score (nSPS) is 13.6. The van der Waals surface area contributed by atoms with E-state index in [0.717, 1.165) is 12.8 Å². The molecule has 0 saturated carbocycles. The van der Waals surface area contributed by atoms with E-state index in [2.05, 4.69) is 27.8 Å². The topological polar surface area (TPSA) is 165 Å². The Balaban J connectivity index is 4.85. The summed E-state index contributed by atoms with van der Waals surface area (Å²) >= 11 is 0. The summed E-state index contributed by atoms with van der Waals surface area (Å²) in [5.74, 6) is -1.53. The van der Waals surface area contributed by atoms with Crippen molar-refractivity contribution in [3.63, 3.8) is 0 Å². The number of aliphatic carboxylic acids is 1. The van der Waals surface area contributed by atoms with Crippen LogP contribution >= 0.6 is 0 Å². The van der Waals surface area contributed by atoms with Crippen molar-refractivity contribution in [3.05, 3.63) is 12.4 Å². The molecule has 10 heteroatoms. The van der Waals surface area contributed by atoms with E-state index in [9.17, 15) is 24.3 Å². The second kappa shape index (κ2) is 16.8. The number of carboxylic acids is 1. The van der Waals surface area contributed by atoms with E-state index in [0.29, 0.717) is 25.2 Å². The zero-order valence-corrected chi connectivity index (χ0v) is 21.4. The SMILES string of the molecule is C=C(N)NCCCC(NC(=O)C(CC(C)C)NC(=O)CCC(=O)NC(CC)CC(=O)[O-])C(C)C. The Hall–Kier alpha value is -2.78. The number of nitrogens with one attached hydrogen (secondary N) is 4. The maximum absolute atomic E-state index is 13.0. The Bertz CT molecular complexity index is 681. The van der Waals surface area contributed by atoms with Gasteiger partial charge in [0.25, 0.3) is 0 Å². The highest BCUT2D eigenvalue weighted by molar-refractivity contribution is 5.89. The number of carboxylic acid groups (broad SMARTS) is 1. The van der Waals surface area contributed by atoms with Crippen LogP contribution < -0.4 is 32.1 Å². The van der Waals surface area contributed by atoms with Gasteiger partial charge in [-0.3, -0.25) is 14.4 Å². The zero-order valence-electron chi connectivity index (χ0n) is 21.4. The average molecular weight is 483 g/mol. The first kappa shape index (κ1) is 31.2. The van der Waals surface area contributed by atoms with Crippen molar-refractivity contribution >= 4 is 23.7 Å². The monoisotopic (exact) mass is 482 g/mol. The molecule has 3 atom stereocenters. The Labute approximate surface area is 203 Å². The van der Waals surface area contributed by atoms with Crippen LogP contribution in [0.4, 0.5) is 0 Å². The second-order valence-electron chi connectivity index (χ2n) is 9.45. The van der Waals surface area contributed by atoms with Gasteiger partial charge in [0.05, 0.1) is 5.82 Å². The molecule has 10 nitrogen and oxygen atoms in total. The van der Waals surface area contributed by atoms with Crippen molar-refractivity contribution < 1.29 is 24.3 Å². The molecule has 0 spiro atoms. The molecule has 0 aliphatic carbocycles. The van der Waals surface area contributed by atoms with E-state index >= 15 is 0 Å². The molecule has 0 aliphatic rings. The molecular formula is C24H44N5O5-. The van der Waals surface area contributed by atoms with Crippen molar-refractivity contribution in [2.45, 2.75) is 97.7 Å². The van der Waals surface area contributed by atoms with Gasteiger partial charge in [-0.05, 0) is 37.5 Å². The van der Waals surface area contributed by atoms with Gasteiger partial charge >= 0.3 is 0 Å². The fourth-order valence-electron chi connectivity index (χ4n) is 3.42. The minimum absolute atomic E-state index is 0.0626. The van der Waals surface area contributed by atoms with E-state index in [1.165, 1.54) is 0 Å². The third-order valence-corrected chi connectivity index (χ3v) is 5.39. The molecule has 0 aromatic rings. The molecule has 0 aromatic heterocycles. The predicted molar refractivity (Wildman–Crippen MR) is 130 cm³/mol. The molecule has 0 aromatic carbocycles. The van der Waals surface area contributed by atoms with Crippen molar-refractivity contribution in [1.29, 1.82) is 0 Å². The van der Waals surface area contributed by atoms with Crippen LogP contribution in [0.2, 0.25) is 0 Å². The van der Waals surface area contributed by atoms with Gasteiger partial charge in [0.15, 0.2) is 0 Å². The Morgan fingerprint density at radius 2 is 1.56 bits per heavy atom. The molecule has 0 radical (unpaired) electrons. The number of hydrogen-bond acceptors (Lipinski definition) is 7. The summed E-state index contributed by atoms with van der Waals surface area (Å²) in [5, 5.41) is 22.1. The first-order valence-corrected chi connectivity index (χ1v) is 12.1. The third kappa shape index (κ3) is 15.1. The van der Waals surface area contributed by atoms with Crippen LogP contribution in [0.15, 0.2) is 12.4 Å². The molecule has 3 amide bonds. The summed E-state index contributed by atoms with van der Waals surface area (Å²) in [6, 6.07) is -1.31. The first-order chi connectivity index (χ1) is 15.8. The lowest BCUT2D eigenvalue weighted by molar-refractivity contribution is -0.306. The fourth-order valence-corrected chi connectivity index (χ4v) is 3.42. The van der Waals surface area contributed by atoms with Crippen LogP contribution in [0, 0.1) is 11.8 Å². The Morgan fingerprint density at radius 3 is 2.03 bits per heavy atom. The van der Waals surface area contributed by atoms with Gasteiger partial charge in [-0.1, -0.05) is 41.2 Å². The summed E-state index contributed by atoms with van der Waals surface area (Å²) in [4.78, 5) is 48.3. The van der Waals surface area contributed by atoms with Crippen molar-refractivity contribution in [3.8, 4) is 0 Å². The number of carbonyl (C=O) groups excluding carboxylic acids is 4. The molecule has 6 N–H and O–H groups in total. The molecule has 196 valence electrons. The summed E-state index contributed by atoms with van der Waals surface area (Å²) in [6.45, 7) is 14.0. The number of nitrogens with two attached hydrogens (primary N) is 1.